The monoisotopic (exact) mass is 531 g/mol. The van der Waals surface area contributed by atoms with Crippen molar-refractivity contribution in [2.45, 2.75) is 83.5 Å². The molecule has 0 spiro atoms. The Hall–Kier alpha value is -3.89. The fraction of sp³-hybridized carbons (Fsp3) is 0.538. The van der Waals surface area contributed by atoms with Crippen molar-refractivity contribution in [2.75, 3.05) is 6.54 Å². The first-order valence-corrected chi connectivity index (χ1v) is 12.6. The van der Waals surface area contributed by atoms with Crippen molar-refractivity contribution in [3.05, 3.63) is 35.9 Å². The van der Waals surface area contributed by atoms with Crippen LogP contribution in [0.4, 0.5) is 0 Å². The van der Waals surface area contributed by atoms with E-state index < -0.39 is 47.8 Å². The molecule has 3 atom stereocenters. The number of ether oxygens (including phenoxy) is 1. The summed E-state index contributed by atoms with van der Waals surface area (Å²) in [5.74, 6) is -2.53. The van der Waals surface area contributed by atoms with E-state index in [9.17, 15) is 24.0 Å². The number of Topliss-reactive ketones (excluding diaryl/α,β-unsaturated/α-hetero) is 1. The molecular weight excluding hydrogens is 492 g/mol. The molecule has 208 valence electrons. The Bertz CT molecular complexity index is 993. The summed E-state index contributed by atoms with van der Waals surface area (Å²) in [4.78, 5) is 64.5. The van der Waals surface area contributed by atoms with E-state index in [0.717, 1.165) is 11.8 Å². The van der Waals surface area contributed by atoms with Gasteiger partial charge in [0, 0.05) is 19.9 Å². The summed E-state index contributed by atoms with van der Waals surface area (Å²) in [5, 5.41) is 7.94. The van der Waals surface area contributed by atoms with Crippen LogP contribution >= 0.6 is 0 Å². The number of esters is 1. The molecule has 38 heavy (non-hydrogen) atoms. The molecule has 1 rings (SSSR count). The highest BCUT2D eigenvalue weighted by molar-refractivity contribution is 6.25. The molecule has 1 aromatic rings. The number of rotatable bonds is 17. The van der Waals surface area contributed by atoms with E-state index in [2.05, 4.69) is 20.7 Å². The Morgan fingerprint density at radius 3 is 2.26 bits per heavy atom. The molecular formula is C26H39N6O6+. The van der Waals surface area contributed by atoms with Gasteiger partial charge in [-0.05, 0) is 51.5 Å². The third kappa shape index (κ3) is 13.4. The molecule has 0 saturated carbocycles. The molecule has 1 aromatic carbocycles. The van der Waals surface area contributed by atoms with Crippen molar-refractivity contribution in [1.82, 2.24) is 16.0 Å². The third-order valence-electron chi connectivity index (χ3n) is 5.40. The second-order valence-corrected chi connectivity index (χ2v) is 9.15. The van der Waals surface area contributed by atoms with Crippen LogP contribution in [0.15, 0.2) is 30.3 Å². The highest BCUT2D eigenvalue weighted by Crippen LogP contribution is 2.08. The number of unbranched alkanes of at least 4 members (excludes halogenated alkanes) is 1. The fourth-order valence-corrected chi connectivity index (χ4v) is 3.51. The molecule has 3 amide bonds. The molecule has 0 aliphatic carbocycles. The first-order chi connectivity index (χ1) is 18.0. The average molecular weight is 532 g/mol. The van der Waals surface area contributed by atoms with Crippen LogP contribution in [0, 0.1) is 5.53 Å². The molecule has 6 N–H and O–H groups in total. The fourth-order valence-electron chi connectivity index (χ4n) is 3.51. The summed E-state index contributed by atoms with van der Waals surface area (Å²) >= 11 is 0. The minimum atomic E-state index is -1.15. The predicted octanol–water partition coefficient (Wildman–Crippen LogP) is 0.443. The first kappa shape index (κ1) is 32.1. The molecule has 12 nitrogen and oxygen atoms in total. The molecule has 0 radical (unpaired) electrons. The van der Waals surface area contributed by atoms with Crippen LogP contribution in [0.5, 0.6) is 0 Å². The van der Waals surface area contributed by atoms with Gasteiger partial charge in [0.25, 0.3) is 0 Å². The summed E-state index contributed by atoms with van der Waals surface area (Å²) in [7, 11) is 0. The number of hydrogen-bond donors (Lipinski definition) is 5. The van der Waals surface area contributed by atoms with Gasteiger partial charge in [0.05, 0.1) is 22.5 Å². The van der Waals surface area contributed by atoms with Gasteiger partial charge in [0.15, 0.2) is 0 Å². The number of carbonyl (C=O) groups is 5. The van der Waals surface area contributed by atoms with Gasteiger partial charge >= 0.3 is 12.2 Å². The molecule has 0 fully saturated rings. The lowest BCUT2D eigenvalue weighted by Gasteiger charge is -2.24. The zero-order valence-corrected chi connectivity index (χ0v) is 22.2. The Kier molecular flexibility index (Phi) is 14.8. The lowest BCUT2D eigenvalue weighted by atomic mass is 10.0. The van der Waals surface area contributed by atoms with Crippen molar-refractivity contribution in [1.29, 1.82) is 5.53 Å². The standard InChI is InChI=1S/C26H38N6O6/c1-17(2)38-26(37)23(13-12-20(34)16-30-28)32-25(36)22(11-7-8-14-29-18(3)33)31-24(35)21(27)15-19-9-5-4-6-10-19/h4-6,9-10,16-17,21-23,28H,7-8,11-15,27H2,1-3H3,(H2-,29,31,32,33,35,36)/p+1/t21-,22-,23-/m0/s1. The van der Waals surface area contributed by atoms with E-state index in [1.807, 2.05) is 30.3 Å². The van der Waals surface area contributed by atoms with Crippen LogP contribution in [-0.2, 0) is 35.1 Å². The van der Waals surface area contributed by atoms with Gasteiger partial charge in [-0.2, -0.15) is 0 Å². The molecule has 0 heterocycles. The molecule has 0 saturated heterocycles. The molecule has 0 unspecified atom stereocenters. The maximum Gasteiger partial charge on any atom is 0.372 e. The second kappa shape index (κ2) is 17.5. The number of nitrogens with zero attached hydrogens (tertiary/aromatic N) is 1. The van der Waals surface area contributed by atoms with Crippen LogP contribution in [0.25, 0.3) is 0 Å². The van der Waals surface area contributed by atoms with Crippen LogP contribution in [0.1, 0.15) is 58.4 Å². The van der Waals surface area contributed by atoms with E-state index in [1.165, 1.54) is 6.92 Å². The Labute approximate surface area is 222 Å². The lowest BCUT2D eigenvalue weighted by Crippen LogP contribution is -2.55. The molecule has 0 aliphatic heterocycles. The largest absolute Gasteiger partial charge is 0.461 e. The van der Waals surface area contributed by atoms with Gasteiger partial charge in [-0.25, -0.2) is 4.79 Å². The Balaban J connectivity index is 2.96. The normalized spacial score (nSPS) is 12.9. The van der Waals surface area contributed by atoms with Crippen LogP contribution in [-0.4, -0.2) is 71.3 Å². The summed E-state index contributed by atoms with van der Waals surface area (Å²) in [6, 6.07) is 6.14. The molecule has 0 aromatic heterocycles. The quantitative estimate of drug-likeness (QED) is 0.0632. The minimum absolute atomic E-state index is 0.0706. The SMILES string of the molecule is CC(=O)NCCCC[C@H](NC(=O)[C@@H](N)Cc1ccccc1)C(=O)N[C@@H](CCC(=O)C=[N+]=N)C(=O)OC(C)C. The Morgan fingerprint density at radius 2 is 1.66 bits per heavy atom. The van der Waals surface area contributed by atoms with Crippen molar-refractivity contribution in [3.8, 4) is 0 Å². The van der Waals surface area contributed by atoms with Crippen LogP contribution < -0.4 is 21.7 Å². The number of ketones is 1. The minimum Gasteiger partial charge on any atom is -0.461 e. The highest BCUT2D eigenvalue weighted by Gasteiger charge is 2.29. The van der Waals surface area contributed by atoms with Gasteiger partial charge in [-0.3, -0.25) is 19.2 Å². The summed E-state index contributed by atoms with van der Waals surface area (Å²) in [5.41, 5.74) is 13.7. The maximum absolute atomic E-state index is 13.2. The van der Waals surface area contributed by atoms with E-state index in [-0.39, 0.29) is 31.6 Å². The van der Waals surface area contributed by atoms with Gasteiger partial charge in [-0.1, -0.05) is 30.3 Å². The molecule has 0 aliphatic rings. The molecule has 0 bridgehead atoms. The van der Waals surface area contributed by atoms with Crippen molar-refractivity contribution in [3.63, 3.8) is 0 Å². The van der Waals surface area contributed by atoms with Crippen molar-refractivity contribution < 1.29 is 33.5 Å². The van der Waals surface area contributed by atoms with Crippen molar-refractivity contribution >= 4 is 35.7 Å². The predicted molar refractivity (Wildman–Crippen MR) is 139 cm³/mol. The smallest absolute Gasteiger partial charge is 0.372 e. The highest BCUT2D eigenvalue weighted by atomic mass is 16.5. The van der Waals surface area contributed by atoms with Gasteiger partial charge in [0.1, 0.15) is 12.1 Å². The van der Waals surface area contributed by atoms with Gasteiger partial charge in [-0.15, -0.1) is 0 Å². The number of hydrogen-bond acceptors (Lipinski definition) is 8. The van der Waals surface area contributed by atoms with E-state index >= 15 is 0 Å². The number of nitrogens with two attached hydrogens (primary N) is 1. The maximum atomic E-state index is 13.2. The van der Waals surface area contributed by atoms with E-state index in [0.29, 0.717) is 19.4 Å². The second-order valence-electron chi connectivity index (χ2n) is 9.15. The summed E-state index contributed by atoms with van der Waals surface area (Å²) in [6.45, 7) is 5.12. The number of amides is 3. The number of benzene rings is 1. The zero-order valence-electron chi connectivity index (χ0n) is 22.2. The lowest BCUT2D eigenvalue weighted by molar-refractivity contribution is -0.152. The van der Waals surface area contributed by atoms with Crippen molar-refractivity contribution in [2.24, 2.45) is 5.73 Å². The first-order valence-electron chi connectivity index (χ1n) is 12.6. The zero-order chi connectivity index (χ0) is 28.5. The molecule has 12 heteroatoms. The van der Waals surface area contributed by atoms with Crippen LogP contribution in [0.3, 0.4) is 0 Å². The van der Waals surface area contributed by atoms with E-state index in [4.69, 9.17) is 16.0 Å². The summed E-state index contributed by atoms with van der Waals surface area (Å²) in [6.07, 6.45) is 1.71. The topological polar surface area (TPSA) is 195 Å². The number of nitrogens with one attached hydrogen (secondary N) is 4. The Morgan fingerprint density at radius 1 is 1.00 bits per heavy atom. The van der Waals surface area contributed by atoms with Crippen LogP contribution in [0.2, 0.25) is 0 Å². The van der Waals surface area contributed by atoms with Gasteiger partial charge < -0.3 is 26.4 Å². The number of carbonyl (C=O) groups excluding carboxylic acids is 5. The summed E-state index contributed by atoms with van der Waals surface area (Å²) < 4.78 is 5.22. The average Bonchev–Trinajstić information content (AvgIpc) is 2.85. The van der Waals surface area contributed by atoms with E-state index in [1.54, 1.807) is 13.8 Å². The van der Waals surface area contributed by atoms with Gasteiger partial charge in [0.2, 0.25) is 23.5 Å². The third-order valence-corrected chi connectivity index (χ3v) is 5.40.